The van der Waals surface area contributed by atoms with Gasteiger partial charge in [-0.05, 0) is 56.3 Å². The van der Waals surface area contributed by atoms with Crippen molar-refractivity contribution in [2.24, 2.45) is 23.5 Å². The molecule has 2 fully saturated rings. The lowest BCUT2D eigenvalue weighted by atomic mass is 10.0. The predicted octanol–water partition coefficient (Wildman–Crippen LogP) is -3.23. The average molecular weight is 854 g/mol. The van der Waals surface area contributed by atoms with E-state index < -0.39 is 140 Å². The van der Waals surface area contributed by atoms with Gasteiger partial charge in [0.15, 0.2) is 0 Å². The monoisotopic (exact) mass is 853 g/mol. The molecule has 11 N–H and O–H groups in total. The van der Waals surface area contributed by atoms with Crippen LogP contribution < -0.4 is 37.6 Å². The number of rotatable bonds is 23. The van der Waals surface area contributed by atoms with E-state index in [-0.39, 0.29) is 44.2 Å². The first-order valence-electron chi connectivity index (χ1n) is 20.3. The Kier molecular flexibility index (Phi) is 20.3. The topological polar surface area (TPSA) is 336 Å². The maximum Gasteiger partial charge on any atom is 0.326 e. The number of amides is 8. The third kappa shape index (κ3) is 15.3. The van der Waals surface area contributed by atoms with Gasteiger partial charge in [-0.25, -0.2) is 4.79 Å². The van der Waals surface area contributed by atoms with Crippen LogP contribution in [0.5, 0.6) is 0 Å². The van der Waals surface area contributed by atoms with Crippen molar-refractivity contribution in [3.63, 3.8) is 0 Å². The Balaban J connectivity index is 2.02. The van der Waals surface area contributed by atoms with Crippen molar-refractivity contribution in [2.45, 2.75) is 129 Å². The van der Waals surface area contributed by atoms with Gasteiger partial charge in [-0.1, -0.05) is 41.5 Å². The molecule has 22 heteroatoms. The molecule has 0 bridgehead atoms. The number of carboxylic acid groups (broad SMARTS) is 2. The molecule has 0 aliphatic carbocycles. The molecule has 0 saturated carbocycles. The van der Waals surface area contributed by atoms with Crippen molar-refractivity contribution in [3.8, 4) is 0 Å². The van der Waals surface area contributed by atoms with Crippen LogP contribution in [0.1, 0.15) is 86.5 Å². The fraction of sp³-hybridized carbons (Fsp3) is 0.737. The summed E-state index contributed by atoms with van der Waals surface area (Å²) in [6.07, 6.45) is 0.487. The fourth-order valence-electron chi connectivity index (χ4n) is 6.78. The van der Waals surface area contributed by atoms with Crippen LogP contribution in [0.4, 0.5) is 0 Å². The van der Waals surface area contributed by atoms with Gasteiger partial charge in [-0.15, -0.1) is 0 Å². The van der Waals surface area contributed by atoms with Gasteiger partial charge < -0.3 is 62.8 Å². The first kappa shape index (κ1) is 50.8. The average Bonchev–Trinajstić information content (AvgIpc) is 3.88. The number of nitrogens with zero attached hydrogens (tertiary/aromatic N) is 2. The Morgan fingerprint density at radius 2 is 1.20 bits per heavy atom. The molecule has 8 amide bonds. The van der Waals surface area contributed by atoms with E-state index in [9.17, 15) is 63.3 Å². The Hall–Kier alpha value is -5.38. The zero-order chi connectivity index (χ0) is 45.4. The van der Waals surface area contributed by atoms with Crippen LogP contribution in [-0.2, 0) is 47.9 Å². The summed E-state index contributed by atoms with van der Waals surface area (Å²) in [5.41, 5.74) is 6.01. The molecule has 2 aliphatic rings. The summed E-state index contributed by atoms with van der Waals surface area (Å²) in [5.74, 6) is -9.18. The highest BCUT2D eigenvalue weighted by Gasteiger charge is 2.41. The third-order valence-corrected chi connectivity index (χ3v) is 10.2. The van der Waals surface area contributed by atoms with Crippen molar-refractivity contribution in [1.82, 2.24) is 41.7 Å². The minimum absolute atomic E-state index is 0.0302. The van der Waals surface area contributed by atoms with Crippen molar-refractivity contribution in [1.29, 1.82) is 0 Å². The Morgan fingerprint density at radius 3 is 1.72 bits per heavy atom. The SMILES string of the molecule is CC(C)C[C@H](NC(=O)[C@@H](NC(=O)CNC(=O)CNC(=O)[C@@H]1CCCN1C(=O)[C@H](CCC(=O)O)NC(=O)[C@H](CO)NC(=O)[C@@H]1CCCN1C(=O)[C@@H](N)C(C)C)C(C)C)C(=O)O. The molecule has 60 heavy (non-hydrogen) atoms. The highest BCUT2D eigenvalue weighted by atomic mass is 16.4. The number of nitrogens with two attached hydrogens (primary N) is 1. The Morgan fingerprint density at radius 1 is 0.650 bits per heavy atom. The second kappa shape index (κ2) is 24.0. The molecule has 2 aliphatic heterocycles. The molecular weight excluding hydrogens is 790 g/mol. The number of aliphatic carboxylic acids is 2. The van der Waals surface area contributed by atoms with Crippen LogP contribution >= 0.6 is 0 Å². The lowest BCUT2D eigenvalue weighted by Gasteiger charge is -2.30. The summed E-state index contributed by atoms with van der Waals surface area (Å²) < 4.78 is 0. The van der Waals surface area contributed by atoms with Gasteiger partial charge in [0, 0.05) is 19.5 Å². The van der Waals surface area contributed by atoms with Gasteiger partial charge >= 0.3 is 11.9 Å². The summed E-state index contributed by atoms with van der Waals surface area (Å²) in [4.78, 5) is 130. The summed E-state index contributed by atoms with van der Waals surface area (Å²) in [6.45, 7) is 8.61. The molecule has 2 rings (SSSR count). The number of nitrogens with one attached hydrogen (secondary N) is 6. The van der Waals surface area contributed by atoms with Gasteiger partial charge in [0.25, 0.3) is 0 Å². The summed E-state index contributed by atoms with van der Waals surface area (Å²) in [5, 5.41) is 43.3. The van der Waals surface area contributed by atoms with Gasteiger partial charge in [0.2, 0.25) is 47.3 Å². The molecule has 2 saturated heterocycles. The molecule has 0 aromatic heterocycles. The maximum atomic E-state index is 13.8. The number of hydrogen-bond donors (Lipinski definition) is 10. The molecule has 0 radical (unpaired) electrons. The van der Waals surface area contributed by atoms with E-state index >= 15 is 0 Å². The summed E-state index contributed by atoms with van der Waals surface area (Å²) in [6, 6.07) is -8.29. The molecule has 0 unspecified atom stereocenters. The first-order chi connectivity index (χ1) is 28.1. The molecule has 0 aromatic carbocycles. The van der Waals surface area contributed by atoms with Crippen LogP contribution in [0.3, 0.4) is 0 Å². The number of carbonyl (C=O) groups is 10. The lowest BCUT2D eigenvalue weighted by molar-refractivity contribution is -0.144. The van der Waals surface area contributed by atoms with E-state index in [0.717, 1.165) is 4.90 Å². The number of carboxylic acids is 2. The Labute approximate surface area is 348 Å². The van der Waals surface area contributed by atoms with Crippen LogP contribution in [0.25, 0.3) is 0 Å². The van der Waals surface area contributed by atoms with E-state index in [4.69, 9.17) is 5.73 Å². The zero-order valence-corrected chi connectivity index (χ0v) is 35.2. The number of hydrogen-bond acceptors (Lipinski definition) is 12. The molecule has 22 nitrogen and oxygen atoms in total. The molecule has 7 atom stereocenters. The minimum atomic E-state index is -1.58. The summed E-state index contributed by atoms with van der Waals surface area (Å²) in [7, 11) is 0. The van der Waals surface area contributed by atoms with E-state index in [2.05, 4.69) is 31.9 Å². The smallest absolute Gasteiger partial charge is 0.326 e. The lowest BCUT2D eigenvalue weighted by Crippen LogP contribution is -2.59. The largest absolute Gasteiger partial charge is 0.481 e. The number of likely N-dealkylation sites (tertiary alicyclic amines) is 2. The number of aliphatic hydroxyl groups excluding tert-OH is 1. The minimum Gasteiger partial charge on any atom is -0.481 e. The normalized spacial score (nSPS) is 18.9. The molecule has 0 spiro atoms. The van der Waals surface area contributed by atoms with E-state index in [1.54, 1.807) is 41.5 Å². The zero-order valence-electron chi connectivity index (χ0n) is 35.2. The van der Waals surface area contributed by atoms with Crippen molar-refractivity contribution in [3.05, 3.63) is 0 Å². The van der Waals surface area contributed by atoms with Crippen LogP contribution in [-0.4, -0.2) is 159 Å². The highest BCUT2D eigenvalue weighted by molar-refractivity contribution is 5.97. The second-order valence-electron chi connectivity index (χ2n) is 16.2. The van der Waals surface area contributed by atoms with E-state index in [0.29, 0.717) is 12.8 Å². The van der Waals surface area contributed by atoms with Gasteiger partial charge in [0.1, 0.15) is 36.3 Å². The highest BCUT2D eigenvalue weighted by Crippen LogP contribution is 2.21. The van der Waals surface area contributed by atoms with Crippen LogP contribution in [0, 0.1) is 17.8 Å². The molecular formula is C38H63N9O13. The van der Waals surface area contributed by atoms with Gasteiger partial charge in [0.05, 0.1) is 25.7 Å². The van der Waals surface area contributed by atoms with Crippen molar-refractivity contribution < 1.29 is 63.3 Å². The molecule has 338 valence electrons. The van der Waals surface area contributed by atoms with Gasteiger partial charge in [-0.3, -0.25) is 43.2 Å². The first-order valence-corrected chi connectivity index (χ1v) is 20.3. The molecule has 2 heterocycles. The van der Waals surface area contributed by atoms with Crippen molar-refractivity contribution in [2.75, 3.05) is 32.8 Å². The second-order valence-corrected chi connectivity index (χ2v) is 16.2. The maximum absolute atomic E-state index is 13.8. The number of aliphatic hydroxyl groups is 1. The van der Waals surface area contributed by atoms with Crippen LogP contribution in [0.2, 0.25) is 0 Å². The number of carbonyl (C=O) groups excluding carboxylic acids is 8. The van der Waals surface area contributed by atoms with Gasteiger partial charge in [-0.2, -0.15) is 0 Å². The quantitative estimate of drug-likeness (QED) is 0.0484. The predicted molar refractivity (Wildman–Crippen MR) is 212 cm³/mol. The fourth-order valence-corrected chi connectivity index (χ4v) is 6.78. The van der Waals surface area contributed by atoms with Crippen molar-refractivity contribution >= 4 is 59.2 Å². The van der Waals surface area contributed by atoms with E-state index in [1.807, 2.05) is 0 Å². The Bertz CT molecular complexity index is 1590. The van der Waals surface area contributed by atoms with Crippen LogP contribution in [0.15, 0.2) is 0 Å². The molecule has 0 aromatic rings. The standard InChI is InChI=1S/C38H63N9O13/c1-19(2)15-23(38(59)60)43-35(56)31(21(5)6)45-28(50)17-40-27(49)16-41-33(54)25-9-7-13-46(25)36(57)22(11-12-29(51)52)42-32(53)24(18-48)44-34(55)26-10-8-14-47(26)37(58)30(39)20(3)4/h19-26,30-31,48H,7-18,39H2,1-6H3,(H,40,49)(H,41,54)(H,42,53)(H,43,56)(H,44,55)(H,45,50)(H,51,52)(H,59,60)/t22-,23-,24-,25-,26-,30-,31-/m0/s1. The third-order valence-electron chi connectivity index (χ3n) is 10.2. The van der Waals surface area contributed by atoms with E-state index in [1.165, 1.54) is 4.90 Å². The summed E-state index contributed by atoms with van der Waals surface area (Å²) >= 11 is 0.